The van der Waals surface area contributed by atoms with Crippen LogP contribution in [0.4, 0.5) is 8.78 Å². The highest BCUT2D eigenvalue weighted by molar-refractivity contribution is 6.11. The molecule has 0 spiro atoms. The number of alkyl halides is 2. The SMILES string of the molecule is N#CC(C(=O)NC1CCCCC1)C(=O)c1cccc(OCC(F)F)n1. The number of nitrogens with zero attached hydrogens (tertiary/aromatic N) is 2. The molecule has 1 aromatic heterocycles. The number of hydrogen-bond donors (Lipinski definition) is 1. The maximum atomic E-state index is 12.4. The third-order valence-corrected chi connectivity index (χ3v) is 3.94. The Hall–Kier alpha value is -2.56. The number of pyridine rings is 1. The molecule has 1 unspecified atom stereocenters. The zero-order valence-corrected chi connectivity index (χ0v) is 13.6. The summed E-state index contributed by atoms with van der Waals surface area (Å²) in [5, 5.41) is 11.9. The van der Waals surface area contributed by atoms with Crippen molar-refractivity contribution in [2.75, 3.05) is 6.61 Å². The first kappa shape index (κ1) is 18.8. The van der Waals surface area contributed by atoms with E-state index in [4.69, 9.17) is 4.74 Å². The Labute approximate surface area is 144 Å². The minimum Gasteiger partial charge on any atom is -0.472 e. The van der Waals surface area contributed by atoms with Crippen molar-refractivity contribution in [3.8, 4) is 11.9 Å². The summed E-state index contributed by atoms with van der Waals surface area (Å²) >= 11 is 0. The highest BCUT2D eigenvalue weighted by Crippen LogP contribution is 2.18. The first-order chi connectivity index (χ1) is 12.0. The molecule has 0 bridgehead atoms. The molecule has 1 atom stereocenters. The summed E-state index contributed by atoms with van der Waals surface area (Å²) in [6.07, 6.45) is 2.10. The van der Waals surface area contributed by atoms with Crippen molar-refractivity contribution in [2.24, 2.45) is 5.92 Å². The Morgan fingerprint density at radius 3 is 2.68 bits per heavy atom. The quantitative estimate of drug-likeness (QED) is 0.602. The number of carbonyl (C=O) groups is 2. The Morgan fingerprint density at radius 1 is 1.32 bits per heavy atom. The van der Waals surface area contributed by atoms with E-state index in [1.54, 1.807) is 6.07 Å². The molecular formula is C17H19F2N3O3. The van der Waals surface area contributed by atoms with Gasteiger partial charge in [-0.1, -0.05) is 25.3 Å². The zero-order chi connectivity index (χ0) is 18.2. The molecule has 1 fully saturated rings. The molecule has 0 saturated heterocycles. The van der Waals surface area contributed by atoms with E-state index >= 15 is 0 Å². The number of nitrogens with one attached hydrogen (secondary N) is 1. The van der Waals surface area contributed by atoms with Crippen molar-refractivity contribution in [3.05, 3.63) is 23.9 Å². The van der Waals surface area contributed by atoms with Crippen LogP contribution in [0.2, 0.25) is 0 Å². The summed E-state index contributed by atoms with van der Waals surface area (Å²) in [5.74, 6) is -3.12. The van der Waals surface area contributed by atoms with Gasteiger partial charge >= 0.3 is 0 Å². The maximum absolute atomic E-state index is 12.4. The van der Waals surface area contributed by atoms with Crippen LogP contribution in [-0.2, 0) is 4.79 Å². The largest absolute Gasteiger partial charge is 0.472 e. The van der Waals surface area contributed by atoms with Gasteiger partial charge in [0, 0.05) is 12.1 Å². The van der Waals surface area contributed by atoms with Gasteiger partial charge in [-0.15, -0.1) is 0 Å². The lowest BCUT2D eigenvalue weighted by atomic mass is 9.94. The summed E-state index contributed by atoms with van der Waals surface area (Å²) in [4.78, 5) is 28.5. The molecule has 25 heavy (non-hydrogen) atoms. The second-order valence-electron chi connectivity index (χ2n) is 5.83. The zero-order valence-electron chi connectivity index (χ0n) is 13.6. The molecule has 134 valence electrons. The van der Waals surface area contributed by atoms with Crippen LogP contribution in [0.5, 0.6) is 5.88 Å². The lowest BCUT2D eigenvalue weighted by Crippen LogP contribution is -2.42. The maximum Gasteiger partial charge on any atom is 0.272 e. The monoisotopic (exact) mass is 351 g/mol. The normalized spacial score (nSPS) is 16.1. The Balaban J connectivity index is 2.04. The van der Waals surface area contributed by atoms with Crippen molar-refractivity contribution in [1.82, 2.24) is 10.3 Å². The van der Waals surface area contributed by atoms with E-state index in [2.05, 4.69) is 10.3 Å². The van der Waals surface area contributed by atoms with Crippen molar-refractivity contribution in [2.45, 2.75) is 44.6 Å². The van der Waals surface area contributed by atoms with E-state index in [9.17, 15) is 23.6 Å². The van der Waals surface area contributed by atoms with Crippen LogP contribution in [0.25, 0.3) is 0 Å². The molecule has 1 saturated carbocycles. The number of aromatic nitrogens is 1. The molecule has 0 radical (unpaired) electrons. The lowest BCUT2D eigenvalue weighted by molar-refractivity contribution is -0.123. The fourth-order valence-corrected chi connectivity index (χ4v) is 2.70. The van der Waals surface area contributed by atoms with Gasteiger partial charge in [0.25, 0.3) is 6.43 Å². The third-order valence-electron chi connectivity index (χ3n) is 3.94. The number of ketones is 1. The first-order valence-electron chi connectivity index (χ1n) is 8.13. The minimum atomic E-state index is -2.67. The number of Topliss-reactive ketones (excluding diaryl/α,β-unsaturated/α-hetero) is 1. The van der Waals surface area contributed by atoms with Gasteiger partial charge in [0.05, 0.1) is 6.07 Å². The average molecular weight is 351 g/mol. The van der Waals surface area contributed by atoms with Crippen LogP contribution < -0.4 is 10.1 Å². The van der Waals surface area contributed by atoms with E-state index in [0.29, 0.717) is 0 Å². The number of carbonyl (C=O) groups excluding carboxylic acids is 2. The molecule has 1 aliphatic rings. The van der Waals surface area contributed by atoms with Gasteiger partial charge in [0.2, 0.25) is 17.6 Å². The molecule has 1 heterocycles. The van der Waals surface area contributed by atoms with E-state index in [-0.39, 0.29) is 17.6 Å². The van der Waals surface area contributed by atoms with Crippen LogP contribution >= 0.6 is 0 Å². The topological polar surface area (TPSA) is 92.1 Å². The van der Waals surface area contributed by atoms with E-state index < -0.39 is 30.6 Å². The molecular weight excluding hydrogens is 332 g/mol. The highest BCUT2D eigenvalue weighted by atomic mass is 19.3. The highest BCUT2D eigenvalue weighted by Gasteiger charge is 2.30. The van der Waals surface area contributed by atoms with Crippen LogP contribution in [0, 0.1) is 17.2 Å². The Morgan fingerprint density at radius 2 is 2.04 bits per heavy atom. The Bertz CT molecular complexity index is 655. The number of rotatable bonds is 7. The van der Waals surface area contributed by atoms with Gasteiger partial charge < -0.3 is 10.1 Å². The summed E-state index contributed by atoms with van der Waals surface area (Å²) in [5.41, 5.74) is -0.169. The molecule has 1 amide bonds. The van der Waals surface area contributed by atoms with Gasteiger partial charge in [-0.05, 0) is 18.9 Å². The van der Waals surface area contributed by atoms with E-state index in [0.717, 1.165) is 32.1 Å². The van der Waals surface area contributed by atoms with Crippen molar-refractivity contribution in [1.29, 1.82) is 5.26 Å². The van der Waals surface area contributed by atoms with Crippen molar-refractivity contribution in [3.63, 3.8) is 0 Å². The van der Waals surface area contributed by atoms with Crippen LogP contribution in [-0.4, -0.2) is 35.7 Å². The summed E-state index contributed by atoms with van der Waals surface area (Å²) in [7, 11) is 0. The van der Waals surface area contributed by atoms with Crippen LogP contribution in [0.1, 0.15) is 42.6 Å². The van der Waals surface area contributed by atoms with Gasteiger partial charge in [-0.2, -0.15) is 5.26 Å². The summed E-state index contributed by atoms with van der Waals surface area (Å²) < 4.78 is 29.1. The van der Waals surface area contributed by atoms with Crippen molar-refractivity contribution >= 4 is 11.7 Å². The molecule has 8 heteroatoms. The van der Waals surface area contributed by atoms with E-state index in [1.807, 2.05) is 0 Å². The second kappa shape index (κ2) is 9.06. The predicted molar refractivity (Wildman–Crippen MR) is 84.2 cm³/mol. The number of ether oxygens (including phenoxy) is 1. The fourth-order valence-electron chi connectivity index (χ4n) is 2.70. The fraction of sp³-hybridized carbons (Fsp3) is 0.529. The first-order valence-corrected chi connectivity index (χ1v) is 8.13. The van der Waals surface area contributed by atoms with Crippen molar-refractivity contribution < 1.29 is 23.1 Å². The molecule has 1 N–H and O–H groups in total. The average Bonchev–Trinajstić information content (AvgIpc) is 2.61. The smallest absolute Gasteiger partial charge is 0.272 e. The number of halogens is 2. The predicted octanol–water partition coefficient (Wildman–Crippen LogP) is 2.50. The van der Waals surface area contributed by atoms with Gasteiger partial charge in [0.1, 0.15) is 5.69 Å². The van der Waals surface area contributed by atoms with Gasteiger partial charge in [-0.25, -0.2) is 13.8 Å². The van der Waals surface area contributed by atoms with Gasteiger partial charge in [-0.3, -0.25) is 9.59 Å². The molecule has 1 aliphatic carbocycles. The number of hydrogen-bond acceptors (Lipinski definition) is 5. The van der Waals surface area contributed by atoms with Gasteiger partial charge in [0.15, 0.2) is 12.5 Å². The lowest BCUT2D eigenvalue weighted by Gasteiger charge is -2.23. The molecule has 0 aromatic carbocycles. The number of nitriles is 1. The minimum absolute atomic E-state index is 0.0291. The molecule has 0 aliphatic heterocycles. The third kappa shape index (κ3) is 5.48. The second-order valence-corrected chi connectivity index (χ2v) is 5.83. The van der Waals surface area contributed by atoms with E-state index in [1.165, 1.54) is 18.2 Å². The summed E-state index contributed by atoms with van der Waals surface area (Å²) in [6.45, 7) is -0.853. The molecule has 2 rings (SSSR count). The number of amides is 1. The summed E-state index contributed by atoms with van der Waals surface area (Å²) in [6, 6.07) is 5.70. The van der Waals surface area contributed by atoms with Crippen LogP contribution in [0.3, 0.4) is 0 Å². The Kier molecular flexibility index (Phi) is 6.81. The molecule has 6 nitrogen and oxygen atoms in total. The van der Waals surface area contributed by atoms with Crippen LogP contribution in [0.15, 0.2) is 18.2 Å². The standard InChI is InChI=1S/C17H19F2N3O3/c18-14(19)10-25-15-8-4-7-13(22-15)16(23)12(9-20)17(24)21-11-5-2-1-3-6-11/h4,7-8,11-12,14H,1-3,5-6,10H2,(H,21,24). The molecule has 1 aromatic rings.